The molecular weight excluding hydrogens is 252 g/mol. The number of amides is 2. The van der Waals surface area contributed by atoms with Gasteiger partial charge in [-0.2, -0.15) is 11.3 Å². The third-order valence-corrected chi connectivity index (χ3v) is 3.58. The molecule has 0 saturated carbocycles. The summed E-state index contributed by atoms with van der Waals surface area (Å²) < 4.78 is 5.28. The van der Waals surface area contributed by atoms with Gasteiger partial charge < -0.3 is 20.5 Å². The summed E-state index contributed by atoms with van der Waals surface area (Å²) in [6.45, 7) is 1.56. The van der Waals surface area contributed by atoms with Crippen LogP contribution in [0.5, 0.6) is 0 Å². The standard InChI is InChI=1S/C12H18N2O3S/c15-11(9-3-5-18-8-9)6-13-12(16)14-10-2-1-4-17-7-10/h3,5,8,10-11,15H,1-2,4,6-7H2,(H2,13,14,16)/t10-,11-/m1/s1. The summed E-state index contributed by atoms with van der Waals surface area (Å²) in [5.74, 6) is 0. The highest BCUT2D eigenvalue weighted by atomic mass is 32.1. The van der Waals surface area contributed by atoms with Crippen molar-refractivity contribution in [3.63, 3.8) is 0 Å². The van der Waals surface area contributed by atoms with Gasteiger partial charge in [-0.3, -0.25) is 0 Å². The van der Waals surface area contributed by atoms with E-state index in [2.05, 4.69) is 10.6 Å². The van der Waals surface area contributed by atoms with E-state index in [1.807, 2.05) is 16.8 Å². The number of aliphatic hydroxyl groups excluding tert-OH is 1. The van der Waals surface area contributed by atoms with Crippen molar-refractivity contribution in [2.75, 3.05) is 19.8 Å². The van der Waals surface area contributed by atoms with Crippen LogP contribution in [0.15, 0.2) is 16.8 Å². The molecule has 2 amide bonds. The lowest BCUT2D eigenvalue weighted by Crippen LogP contribution is -2.46. The minimum atomic E-state index is -0.649. The molecule has 0 unspecified atom stereocenters. The van der Waals surface area contributed by atoms with E-state index in [4.69, 9.17) is 4.74 Å². The fourth-order valence-electron chi connectivity index (χ4n) is 1.86. The number of nitrogens with one attached hydrogen (secondary N) is 2. The number of urea groups is 1. The van der Waals surface area contributed by atoms with Gasteiger partial charge in [0.2, 0.25) is 0 Å². The van der Waals surface area contributed by atoms with Crippen molar-refractivity contribution in [1.82, 2.24) is 10.6 Å². The summed E-state index contributed by atoms with van der Waals surface area (Å²) in [6.07, 6.45) is 1.27. The highest BCUT2D eigenvalue weighted by Crippen LogP contribution is 2.15. The van der Waals surface area contributed by atoms with E-state index in [0.717, 1.165) is 25.0 Å². The van der Waals surface area contributed by atoms with Gasteiger partial charge >= 0.3 is 6.03 Å². The number of hydrogen-bond acceptors (Lipinski definition) is 4. The summed E-state index contributed by atoms with van der Waals surface area (Å²) >= 11 is 1.53. The van der Waals surface area contributed by atoms with Crippen LogP contribution in [0.25, 0.3) is 0 Å². The zero-order valence-corrected chi connectivity index (χ0v) is 10.9. The molecule has 0 aliphatic carbocycles. The first-order chi connectivity index (χ1) is 8.75. The number of hydrogen-bond donors (Lipinski definition) is 3. The van der Waals surface area contributed by atoms with Crippen molar-refractivity contribution in [2.45, 2.75) is 25.0 Å². The average Bonchev–Trinajstić information content (AvgIpc) is 2.91. The van der Waals surface area contributed by atoms with Gasteiger partial charge in [0.25, 0.3) is 0 Å². The van der Waals surface area contributed by atoms with E-state index in [0.29, 0.717) is 6.61 Å². The van der Waals surface area contributed by atoms with Crippen molar-refractivity contribution in [2.24, 2.45) is 0 Å². The Bertz CT molecular complexity index is 363. The van der Waals surface area contributed by atoms with Gasteiger partial charge in [0.05, 0.1) is 18.8 Å². The maximum absolute atomic E-state index is 11.6. The monoisotopic (exact) mass is 270 g/mol. The third kappa shape index (κ3) is 3.97. The van der Waals surface area contributed by atoms with E-state index < -0.39 is 6.10 Å². The Balaban J connectivity index is 1.68. The zero-order chi connectivity index (χ0) is 12.8. The summed E-state index contributed by atoms with van der Waals surface area (Å²) in [6, 6.07) is 1.68. The van der Waals surface area contributed by atoms with Gasteiger partial charge in [-0.05, 0) is 35.2 Å². The molecule has 6 heteroatoms. The second-order valence-electron chi connectivity index (χ2n) is 4.34. The lowest BCUT2D eigenvalue weighted by Gasteiger charge is -2.23. The maximum atomic E-state index is 11.6. The Kier molecular flexibility index (Phi) is 4.98. The molecule has 5 nitrogen and oxygen atoms in total. The number of carbonyl (C=O) groups is 1. The van der Waals surface area contributed by atoms with E-state index in [-0.39, 0.29) is 18.6 Å². The molecule has 2 rings (SSSR count). The molecule has 1 saturated heterocycles. The first kappa shape index (κ1) is 13.3. The van der Waals surface area contributed by atoms with E-state index in [9.17, 15) is 9.90 Å². The molecule has 2 atom stereocenters. The quantitative estimate of drug-likeness (QED) is 0.771. The number of aliphatic hydroxyl groups is 1. The highest BCUT2D eigenvalue weighted by Gasteiger charge is 2.16. The van der Waals surface area contributed by atoms with Crippen LogP contribution in [0.2, 0.25) is 0 Å². The van der Waals surface area contributed by atoms with Crippen LogP contribution in [-0.4, -0.2) is 36.9 Å². The SMILES string of the molecule is O=C(NC[C@@H](O)c1ccsc1)N[C@@H]1CCCOC1. The smallest absolute Gasteiger partial charge is 0.315 e. The second-order valence-corrected chi connectivity index (χ2v) is 5.12. The first-order valence-electron chi connectivity index (χ1n) is 6.08. The Hall–Kier alpha value is -1.11. The molecule has 100 valence electrons. The van der Waals surface area contributed by atoms with Gasteiger partial charge in [0, 0.05) is 13.2 Å². The molecule has 0 aromatic carbocycles. The molecule has 0 radical (unpaired) electrons. The number of carbonyl (C=O) groups excluding carboxylic acids is 1. The average molecular weight is 270 g/mol. The molecule has 1 aromatic rings. The van der Waals surface area contributed by atoms with Gasteiger partial charge in [0.1, 0.15) is 0 Å². The molecule has 0 bridgehead atoms. The maximum Gasteiger partial charge on any atom is 0.315 e. The van der Waals surface area contributed by atoms with Crippen LogP contribution >= 0.6 is 11.3 Å². The predicted molar refractivity (Wildman–Crippen MR) is 69.7 cm³/mol. The molecular formula is C12H18N2O3S. The lowest BCUT2D eigenvalue weighted by atomic mass is 10.1. The Labute approximate surface area is 110 Å². The summed E-state index contributed by atoms with van der Waals surface area (Å²) in [5.41, 5.74) is 0.835. The molecule has 0 spiro atoms. The van der Waals surface area contributed by atoms with Gasteiger partial charge in [-0.25, -0.2) is 4.79 Å². The molecule has 1 fully saturated rings. The van der Waals surface area contributed by atoms with Gasteiger partial charge in [-0.15, -0.1) is 0 Å². The molecule has 18 heavy (non-hydrogen) atoms. The van der Waals surface area contributed by atoms with Crippen molar-refractivity contribution < 1.29 is 14.6 Å². The van der Waals surface area contributed by atoms with Crippen molar-refractivity contribution in [3.8, 4) is 0 Å². The van der Waals surface area contributed by atoms with E-state index in [1.54, 1.807) is 0 Å². The molecule has 1 aromatic heterocycles. The lowest BCUT2D eigenvalue weighted by molar-refractivity contribution is 0.0729. The minimum Gasteiger partial charge on any atom is -0.387 e. The minimum absolute atomic E-state index is 0.0806. The van der Waals surface area contributed by atoms with Crippen LogP contribution in [0.1, 0.15) is 24.5 Å². The number of rotatable bonds is 4. The van der Waals surface area contributed by atoms with E-state index >= 15 is 0 Å². The number of thiophene rings is 1. The molecule has 3 N–H and O–H groups in total. The third-order valence-electron chi connectivity index (χ3n) is 2.88. The topological polar surface area (TPSA) is 70.6 Å². The van der Waals surface area contributed by atoms with Gasteiger partial charge in [-0.1, -0.05) is 0 Å². The predicted octanol–water partition coefficient (Wildman–Crippen LogP) is 1.26. The summed E-state index contributed by atoms with van der Waals surface area (Å²) in [5, 5.41) is 19.1. The Morgan fingerprint density at radius 3 is 3.22 bits per heavy atom. The molecule has 1 aliphatic heterocycles. The van der Waals surface area contributed by atoms with Gasteiger partial charge in [0.15, 0.2) is 0 Å². The normalized spacial score (nSPS) is 21.3. The number of ether oxygens (including phenoxy) is 1. The van der Waals surface area contributed by atoms with Crippen LogP contribution < -0.4 is 10.6 Å². The van der Waals surface area contributed by atoms with E-state index in [1.165, 1.54) is 11.3 Å². The molecule has 2 heterocycles. The second kappa shape index (κ2) is 6.72. The first-order valence-corrected chi connectivity index (χ1v) is 7.02. The van der Waals surface area contributed by atoms with Crippen LogP contribution in [-0.2, 0) is 4.74 Å². The highest BCUT2D eigenvalue weighted by molar-refractivity contribution is 7.07. The van der Waals surface area contributed by atoms with Crippen LogP contribution in [0.4, 0.5) is 4.79 Å². The van der Waals surface area contributed by atoms with Crippen LogP contribution in [0.3, 0.4) is 0 Å². The summed E-state index contributed by atoms with van der Waals surface area (Å²) in [4.78, 5) is 11.6. The van der Waals surface area contributed by atoms with Crippen LogP contribution in [0, 0.1) is 0 Å². The zero-order valence-electron chi connectivity index (χ0n) is 10.1. The fourth-order valence-corrected chi connectivity index (χ4v) is 2.57. The Morgan fingerprint density at radius 2 is 2.56 bits per heavy atom. The fraction of sp³-hybridized carbons (Fsp3) is 0.583. The van der Waals surface area contributed by atoms with Crippen molar-refractivity contribution in [1.29, 1.82) is 0 Å². The molecule has 1 aliphatic rings. The van der Waals surface area contributed by atoms with Crippen molar-refractivity contribution in [3.05, 3.63) is 22.4 Å². The van der Waals surface area contributed by atoms with Crippen molar-refractivity contribution >= 4 is 17.4 Å². The largest absolute Gasteiger partial charge is 0.387 e. The summed E-state index contributed by atoms with van der Waals surface area (Å²) in [7, 11) is 0. The Morgan fingerprint density at radius 1 is 1.67 bits per heavy atom.